The summed E-state index contributed by atoms with van der Waals surface area (Å²) in [5, 5.41) is 9.55. The van der Waals surface area contributed by atoms with E-state index in [1.807, 2.05) is 30.3 Å². The van der Waals surface area contributed by atoms with Crippen LogP contribution >= 0.6 is 23.4 Å². The predicted molar refractivity (Wildman–Crippen MR) is 76.1 cm³/mol. The van der Waals surface area contributed by atoms with E-state index in [-0.39, 0.29) is 0 Å². The molecule has 0 aliphatic carbocycles. The van der Waals surface area contributed by atoms with Crippen molar-refractivity contribution in [3.05, 3.63) is 58.6 Å². The molecule has 0 aliphatic heterocycles. The predicted octanol–water partition coefficient (Wildman–Crippen LogP) is 4.93. The Morgan fingerprint density at radius 1 is 1.11 bits per heavy atom. The molecule has 2 rings (SSSR count). The summed E-state index contributed by atoms with van der Waals surface area (Å²) in [6.07, 6.45) is 0.945. The van der Waals surface area contributed by atoms with Crippen LogP contribution in [0.5, 0.6) is 0 Å². The number of hydrogen-bond donors (Lipinski definition) is 0. The number of rotatable bonds is 3. The van der Waals surface area contributed by atoms with Gasteiger partial charge in [0, 0.05) is 14.8 Å². The average Bonchev–Trinajstić information content (AvgIpc) is 2.40. The molecule has 0 radical (unpaired) electrons. The fourth-order valence-corrected chi connectivity index (χ4v) is 2.85. The Balaban J connectivity index is 2.18. The third-order valence-electron chi connectivity index (χ3n) is 2.62. The lowest BCUT2D eigenvalue weighted by Gasteiger charge is -2.05. The highest BCUT2D eigenvalue weighted by molar-refractivity contribution is 7.99. The van der Waals surface area contributed by atoms with E-state index in [1.54, 1.807) is 11.8 Å². The van der Waals surface area contributed by atoms with Gasteiger partial charge in [0.05, 0.1) is 11.6 Å². The van der Waals surface area contributed by atoms with Crippen molar-refractivity contribution in [2.45, 2.75) is 23.1 Å². The minimum absolute atomic E-state index is 0.679. The lowest BCUT2D eigenvalue weighted by Crippen LogP contribution is -1.82. The second kappa shape index (κ2) is 5.95. The number of nitrogens with zero attached hydrogens (tertiary/aromatic N) is 1. The Bertz CT molecular complexity index is 584. The Morgan fingerprint density at radius 3 is 2.33 bits per heavy atom. The van der Waals surface area contributed by atoms with Crippen molar-refractivity contribution in [2.24, 2.45) is 0 Å². The molecule has 2 aromatic carbocycles. The van der Waals surface area contributed by atoms with Crippen LogP contribution < -0.4 is 0 Å². The van der Waals surface area contributed by atoms with Crippen LogP contribution in [0.25, 0.3) is 0 Å². The fourth-order valence-electron chi connectivity index (χ4n) is 1.61. The zero-order valence-corrected chi connectivity index (χ0v) is 11.6. The smallest absolute Gasteiger partial charge is 0.0991 e. The van der Waals surface area contributed by atoms with Crippen molar-refractivity contribution in [1.82, 2.24) is 0 Å². The highest BCUT2D eigenvalue weighted by Gasteiger charge is 2.02. The topological polar surface area (TPSA) is 23.8 Å². The van der Waals surface area contributed by atoms with E-state index in [0.717, 1.165) is 21.2 Å². The van der Waals surface area contributed by atoms with Crippen LogP contribution in [0.3, 0.4) is 0 Å². The summed E-state index contributed by atoms with van der Waals surface area (Å²) in [4.78, 5) is 2.22. The average molecular weight is 274 g/mol. The number of nitriles is 1. The maximum Gasteiger partial charge on any atom is 0.0991 e. The second-order valence-electron chi connectivity index (χ2n) is 3.85. The van der Waals surface area contributed by atoms with E-state index in [4.69, 9.17) is 16.9 Å². The van der Waals surface area contributed by atoms with E-state index in [0.29, 0.717) is 5.56 Å². The first-order valence-electron chi connectivity index (χ1n) is 5.69. The Morgan fingerprint density at radius 2 is 1.78 bits per heavy atom. The summed E-state index contributed by atoms with van der Waals surface area (Å²) in [6.45, 7) is 2.09. The van der Waals surface area contributed by atoms with Gasteiger partial charge < -0.3 is 0 Å². The molecule has 0 unspecified atom stereocenters. The Labute approximate surface area is 116 Å². The maximum atomic E-state index is 8.74. The molecule has 0 atom stereocenters. The standard InChI is InChI=1S/C15H12ClNS/c1-2-12-5-8-14(9-15(12)16)18-13-6-3-11(10-17)4-7-13/h3-9H,2H2,1H3. The van der Waals surface area contributed by atoms with Gasteiger partial charge in [0.1, 0.15) is 0 Å². The van der Waals surface area contributed by atoms with Crippen molar-refractivity contribution in [2.75, 3.05) is 0 Å². The molecule has 0 amide bonds. The van der Waals surface area contributed by atoms with Gasteiger partial charge in [-0.05, 0) is 48.4 Å². The van der Waals surface area contributed by atoms with Gasteiger partial charge in [-0.15, -0.1) is 0 Å². The van der Waals surface area contributed by atoms with Crippen LogP contribution in [0.4, 0.5) is 0 Å². The SMILES string of the molecule is CCc1ccc(Sc2ccc(C#N)cc2)cc1Cl. The number of hydrogen-bond acceptors (Lipinski definition) is 2. The molecule has 0 saturated carbocycles. The molecule has 0 saturated heterocycles. The van der Waals surface area contributed by atoms with Gasteiger partial charge in [-0.2, -0.15) is 5.26 Å². The normalized spacial score (nSPS) is 10.1. The highest BCUT2D eigenvalue weighted by atomic mass is 35.5. The number of aryl methyl sites for hydroxylation is 1. The third kappa shape index (κ3) is 3.07. The molecule has 0 fully saturated rings. The Hall–Kier alpha value is -1.43. The van der Waals surface area contributed by atoms with Gasteiger partial charge in [0.15, 0.2) is 0 Å². The van der Waals surface area contributed by atoms with E-state index >= 15 is 0 Å². The van der Waals surface area contributed by atoms with Gasteiger partial charge in [-0.1, -0.05) is 36.4 Å². The monoisotopic (exact) mass is 273 g/mol. The quantitative estimate of drug-likeness (QED) is 0.792. The van der Waals surface area contributed by atoms with Gasteiger partial charge >= 0.3 is 0 Å². The lowest BCUT2D eigenvalue weighted by molar-refractivity contribution is 1.13. The van der Waals surface area contributed by atoms with Crippen LogP contribution in [0, 0.1) is 11.3 Å². The molecular weight excluding hydrogens is 262 g/mol. The van der Waals surface area contributed by atoms with Gasteiger partial charge in [-0.25, -0.2) is 0 Å². The first-order valence-corrected chi connectivity index (χ1v) is 6.89. The molecule has 0 heterocycles. The van der Waals surface area contributed by atoms with Crippen molar-refractivity contribution in [1.29, 1.82) is 5.26 Å². The van der Waals surface area contributed by atoms with Crippen LogP contribution in [-0.4, -0.2) is 0 Å². The van der Waals surface area contributed by atoms with Gasteiger partial charge in [0.2, 0.25) is 0 Å². The summed E-state index contributed by atoms with van der Waals surface area (Å²) in [6, 6.07) is 15.8. The Kier molecular flexibility index (Phi) is 4.30. The van der Waals surface area contributed by atoms with Crippen LogP contribution in [0.1, 0.15) is 18.1 Å². The van der Waals surface area contributed by atoms with E-state index in [2.05, 4.69) is 25.1 Å². The van der Waals surface area contributed by atoms with Crippen molar-refractivity contribution in [3.8, 4) is 6.07 Å². The summed E-state index contributed by atoms with van der Waals surface area (Å²) in [5.74, 6) is 0. The zero-order valence-electron chi connectivity index (χ0n) is 9.98. The van der Waals surface area contributed by atoms with Gasteiger partial charge in [-0.3, -0.25) is 0 Å². The molecule has 0 aliphatic rings. The summed E-state index contributed by atoms with van der Waals surface area (Å²) < 4.78 is 0. The second-order valence-corrected chi connectivity index (χ2v) is 5.40. The van der Waals surface area contributed by atoms with Gasteiger partial charge in [0.25, 0.3) is 0 Å². The molecule has 3 heteroatoms. The molecule has 18 heavy (non-hydrogen) atoms. The minimum atomic E-state index is 0.679. The number of halogens is 1. The fraction of sp³-hybridized carbons (Fsp3) is 0.133. The third-order valence-corrected chi connectivity index (χ3v) is 3.97. The van der Waals surface area contributed by atoms with Crippen LogP contribution in [0.2, 0.25) is 5.02 Å². The van der Waals surface area contributed by atoms with Crippen molar-refractivity contribution < 1.29 is 0 Å². The van der Waals surface area contributed by atoms with Crippen LogP contribution in [-0.2, 0) is 6.42 Å². The zero-order chi connectivity index (χ0) is 13.0. The maximum absolute atomic E-state index is 8.74. The first-order chi connectivity index (χ1) is 8.72. The molecule has 0 bridgehead atoms. The molecule has 0 N–H and O–H groups in total. The summed E-state index contributed by atoms with van der Waals surface area (Å²) >= 11 is 7.83. The number of benzene rings is 2. The summed E-state index contributed by atoms with van der Waals surface area (Å²) in [5.41, 5.74) is 1.85. The van der Waals surface area contributed by atoms with E-state index in [9.17, 15) is 0 Å². The minimum Gasteiger partial charge on any atom is -0.192 e. The highest BCUT2D eigenvalue weighted by Crippen LogP contribution is 2.31. The molecule has 90 valence electrons. The molecule has 2 aromatic rings. The molecule has 1 nitrogen and oxygen atoms in total. The van der Waals surface area contributed by atoms with Crippen molar-refractivity contribution in [3.63, 3.8) is 0 Å². The first kappa shape index (κ1) is 13.0. The van der Waals surface area contributed by atoms with E-state index in [1.165, 1.54) is 5.56 Å². The van der Waals surface area contributed by atoms with Crippen LogP contribution in [0.15, 0.2) is 52.3 Å². The molecule has 0 spiro atoms. The van der Waals surface area contributed by atoms with Crippen molar-refractivity contribution >= 4 is 23.4 Å². The lowest BCUT2D eigenvalue weighted by atomic mass is 10.2. The molecule has 0 aromatic heterocycles. The largest absolute Gasteiger partial charge is 0.192 e. The van der Waals surface area contributed by atoms with E-state index < -0.39 is 0 Å². The molecular formula is C15H12ClNS. The summed E-state index contributed by atoms with van der Waals surface area (Å²) in [7, 11) is 0.